The number of nitrogens with one attached hydrogen (secondary N) is 1. The maximum absolute atomic E-state index is 14.0. The van der Waals surface area contributed by atoms with Gasteiger partial charge in [-0.3, -0.25) is 19.4 Å². The van der Waals surface area contributed by atoms with E-state index in [0.29, 0.717) is 16.2 Å². The molecule has 0 aliphatic carbocycles. The summed E-state index contributed by atoms with van der Waals surface area (Å²) in [4.78, 5) is 19.9. The Balaban J connectivity index is 1.82. The molecule has 0 saturated carbocycles. The summed E-state index contributed by atoms with van der Waals surface area (Å²) >= 11 is 1.16. The standard InChI is InChI=1S/C19H11F6N5OS/c1-30-15(17(31)28-10-3-6-26-11(8-10)18(20,21)22)12(19(23,24)25)13(29-30)14-16-9(2-5-27-14)4-7-32-16/h2-8H,1H3,(H,26,28,31). The molecule has 0 spiro atoms. The molecule has 0 aromatic carbocycles. The number of halogens is 6. The number of amides is 1. The third-order valence-corrected chi connectivity index (χ3v) is 5.38. The number of carbonyl (C=O) groups excluding carboxylic acids is 1. The summed E-state index contributed by atoms with van der Waals surface area (Å²) in [6.45, 7) is 0. The molecule has 4 rings (SSSR count). The largest absolute Gasteiger partial charge is 0.433 e. The van der Waals surface area contributed by atoms with E-state index < -0.39 is 40.9 Å². The second-order valence-corrected chi connectivity index (χ2v) is 7.49. The Hall–Kier alpha value is -3.48. The van der Waals surface area contributed by atoms with Crippen molar-refractivity contribution in [1.29, 1.82) is 0 Å². The molecular weight excluding hydrogens is 460 g/mol. The van der Waals surface area contributed by atoms with E-state index in [4.69, 9.17) is 0 Å². The molecule has 4 aromatic heterocycles. The number of hydrogen-bond acceptors (Lipinski definition) is 5. The predicted molar refractivity (Wildman–Crippen MR) is 104 cm³/mol. The minimum Gasteiger partial charge on any atom is -0.321 e. The van der Waals surface area contributed by atoms with Crippen molar-refractivity contribution >= 4 is 33.0 Å². The molecule has 1 amide bonds. The first-order valence-corrected chi connectivity index (χ1v) is 9.66. The van der Waals surface area contributed by atoms with Crippen molar-refractivity contribution in [2.75, 3.05) is 5.32 Å². The molecule has 166 valence electrons. The van der Waals surface area contributed by atoms with Crippen LogP contribution in [0.15, 0.2) is 42.0 Å². The lowest BCUT2D eigenvalue weighted by Crippen LogP contribution is -2.21. The summed E-state index contributed by atoms with van der Waals surface area (Å²) < 4.78 is 81.9. The average molecular weight is 471 g/mol. The van der Waals surface area contributed by atoms with E-state index in [-0.39, 0.29) is 11.4 Å². The number of pyridine rings is 2. The van der Waals surface area contributed by atoms with Gasteiger partial charge in [-0.05, 0) is 35.0 Å². The molecule has 4 aromatic rings. The van der Waals surface area contributed by atoms with E-state index in [1.54, 1.807) is 17.5 Å². The van der Waals surface area contributed by atoms with E-state index >= 15 is 0 Å². The molecule has 0 aliphatic rings. The van der Waals surface area contributed by atoms with Crippen LogP contribution in [-0.2, 0) is 19.4 Å². The minimum atomic E-state index is -4.99. The Morgan fingerprint density at radius 2 is 1.72 bits per heavy atom. The number of aromatic nitrogens is 4. The Morgan fingerprint density at radius 3 is 2.41 bits per heavy atom. The van der Waals surface area contributed by atoms with Crippen LogP contribution in [-0.4, -0.2) is 25.7 Å². The summed E-state index contributed by atoms with van der Waals surface area (Å²) in [6, 6.07) is 4.89. The maximum atomic E-state index is 14.0. The van der Waals surface area contributed by atoms with Crippen molar-refractivity contribution < 1.29 is 31.1 Å². The molecule has 32 heavy (non-hydrogen) atoms. The number of nitrogens with zero attached hydrogens (tertiary/aromatic N) is 4. The number of carbonyl (C=O) groups is 1. The molecule has 6 nitrogen and oxygen atoms in total. The van der Waals surface area contributed by atoms with Crippen LogP contribution in [0.1, 0.15) is 21.7 Å². The summed E-state index contributed by atoms with van der Waals surface area (Å²) in [6.07, 6.45) is -7.66. The number of rotatable bonds is 3. The lowest BCUT2D eigenvalue weighted by atomic mass is 10.1. The van der Waals surface area contributed by atoms with Crippen LogP contribution in [0.25, 0.3) is 21.5 Å². The van der Waals surface area contributed by atoms with Crippen LogP contribution in [0.5, 0.6) is 0 Å². The van der Waals surface area contributed by atoms with Crippen molar-refractivity contribution in [2.24, 2.45) is 7.05 Å². The average Bonchev–Trinajstić information content (AvgIpc) is 3.31. The number of hydrogen-bond donors (Lipinski definition) is 1. The van der Waals surface area contributed by atoms with Crippen LogP contribution < -0.4 is 5.32 Å². The van der Waals surface area contributed by atoms with Gasteiger partial charge in [0.2, 0.25) is 0 Å². The molecule has 0 bridgehead atoms. The van der Waals surface area contributed by atoms with E-state index in [0.717, 1.165) is 35.3 Å². The van der Waals surface area contributed by atoms with Gasteiger partial charge in [-0.2, -0.15) is 31.4 Å². The molecule has 0 radical (unpaired) electrons. The monoisotopic (exact) mass is 471 g/mol. The highest BCUT2D eigenvalue weighted by Gasteiger charge is 2.43. The highest BCUT2D eigenvalue weighted by molar-refractivity contribution is 7.17. The van der Waals surface area contributed by atoms with Crippen LogP contribution in [0, 0.1) is 0 Å². The predicted octanol–water partition coefficient (Wildman–Crippen LogP) is 5.38. The van der Waals surface area contributed by atoms with Gasteiger partial charge in [0.15, 0.2) is 0 Å². The fourth-order valence-electron chi connectivity index (χ4n) is 3.13. The number of thiophene rings is 1. The zero-order valence-corrected chi connectivity index (χ0v) is 16.7. The summed E-state index contributed by atoms with van der Waals surface area (Å²) in [7, 11) is 1.13. The lowest BCUT2D eigenvalue weighted by molar-refractivity contribution is -0.141. The van der Waals surface area contributed by atoms with Gasteiger partial charge in [-0.15, -0.1) is 11.3 Å². The van der Waals surface area contributed by atoms with E-state index in [1.165, 1.54) is 6.20 Å². The third-order valence-electron chi connectivity index (χ3n) is 4.45. The summed E-state index contributed by atoms with van der Waals surface area (Å²) in [5, 5.41) is 8.28. The molecule has 1 N–H and O–H groups in total. The Bertz CT molecular complexity index is 1320. The van der Waals surface area contributed by atoms with Crippen LogP contribution >= 0.6 is 11.3 Å². The van der Waals surface area contributed by atoms with Crippen molar-refractivity contribution in [3.63, 3.8) is 0 Å². The fourth-order valence-corrected chi connectivity index (χ4v) is 4.02. The van der Waals surface area contributed by atoms with Gasteiger partial charge in [0, 0.05) is 25.1 Å². The molecular formula is C19H11F6N5OS. The van der Waals surface area contributed by atoms with Crippen molar-refractivity contribution in [3.05, 3.63) is 59.0 Å². The molecule has 0 atom stereocenters. The van der Waals surface area contributed by atoms with Gasteiger partial charge in [0.1, 0.15) is 28.3 Å². The van der Waals surface area contributed by atoms with Crippen LogP contribution in [0.4, 0.5) is 32.0 Å². The Labute approximate surface area is 179 Å². The zero-order valence-electron chi connectivity index (χ0n) is 15.9. The third kappa shape index (κ3) is 3.90. The van der Waals surface area contributed by atoms with Crippen LogP contribution in [0.2, 0.25) is 0 Å². The first-order valence-electron chi connectivity index (χ1n) is 8.78. The van der Waals surface area contributed by atoms with E-state index in [2.05, 4.69) is 20.4 Å². The fraction of sp³-hybridized carbons (Fsp3) is 0.158. The van der Waals surface area contributed by atoms with Crippen molar-refractivity contribution in [3.8, 4) is 11.4 Å². The maximum Gasteiger partial charge on any atom is 0.433 e. The summed E-state index contributed by atoms with van der Waals surface area (Å²) in [5.41, 5.74) is -4.48. The smallest absolute Gasteiger partial charge is 0.321 e. The topological polar surface area (TPSA) is 72.7 Å². The van der Waals surface area contributed by atoms with Gasteiger partial charge in [0.25, 0.3) is 5.91 Å². The van der Waals surface area contributed by atoms with Gasteiger partial charge < -0.3 is 5.32 Å². The first kappa shape index (κ1) is 21.7. The molecule has 13 heteroatoms. The molecule has 0 fully saturated rings. The normalized spacial score (nSPS) is 12.3. The second-order valence-electron chi connectivity index (χ2n) is 6.57. The van der Waals surface area contributed by atoms with Gasteiger partial charge >= 0.3 is 12.4 Å². The van der Waals surface area contributed by atoms with Gasteiger partial charge in [-0.25, -0.2) is 0 Å². The zero-order chi connectivity index (χ0) is 23.3. The van der Waals surface area contributed by atoms with Gasteiger partial charge in [0.05, 0.1) is 4.70 Å². The molecule has 0 aliphatic heterocycles. The number of aryl methyl sites for hydroxylation is 1. The second kappa shape index (κ2) is 7.58. The van der Waals surface area contributed by atoms with E-state index in [1.807, 2.05) is 0 Å². The van der Waals surface area contributed by atoms with Crippen molar-refractivity contribution in [1.82, 2.24) is 19.7 Å². The molecule has 4 heterocycles. The minimum absolute atomic E-state index is 0.0530. The van der Waals surface area contributed by atoms with Crippen molar-refractivity contribution in [2.45, 2.75) is 12.4 Å². The first-order chi connectivity index (χ1) is 15.0. The number of anilines is 1. The lowest BCUT2D eigenvalue weighted by Gasteiger charge is -2.12. The SMILES string of the molecule is Cn1nc(-c2nccc3ccsc23)c(C(F)(F)F)c1C(=O)Nc1ccnc(C(F)(F)F)c1. The Kier molecular flexibility index (Phi) is 5.15. The van der Waals surface area contributed by atoms with E-state index in [9.17, 15) is 31.1 Å². The number of fused-ring (bicyclic) bond motifs is 1. The quantitative estimate of drug-likeness (QED) is 0.407. The molecule has 0 unspecified atom stereocenters. The summed E-state index contributed by atoms with van der Waals surface area (Å²) in [5.74, 6) is -1.28. The Morgan fingerprint density at radius 1 is 1.00 bits per heavy atom. The number of alkyl halides is 6. The highest BCUT2D eigenvalue weighted by Crippen LogP contribution is 2.41. The van der Waals surface area contributed by atoms with Crippen LogP contribution in [0.3, 0.4) is 0 Å². The van der Waals surface area contributed by atoms with Gasteiger partial charge in [-0.1, -0.05) is 0 Å². The molecule has 0 saturated heterocycles. The highest BCUT2D eigenvalue weighted by atomic mass is 32.1.